The van der Waals surface area contributed by atoms with Crippen LogP contribution in [0.2, 0.25) is 0 Å². The van der Waals surface area contributed by atoms with E-state index < -0.39 is 0 Å². The largest absolute Gasteiger partial charge is 0.343 e. The molecule has 1 amide bonds. The molecule has 0 saturated carbocycles. The van der Waals surface area contributed by atoms with Crippen molar-refractivity contribution in [3.05, 3.63) is 0 Å². The zero-order chi connectivity index (χ0) is 8.69. The lowest BCUT2D eigenvalue weighted by molar-refractivity contribution is -0.128. The summed E-state index contributed by atoms with van der Waals surface area (Å²) in [4.78, 5) is 12.8. The molecule has 3 nitrogen and oxygen atoms in total. The number of carbonyl (C=O) groups is 1. The van der Waals surface area contributed by atoms with Crippen LogP contribution in [0.4, 0.5) is 0 Å². The Labute approximate surface area is 68.6 Å². The van der Waals surface area contributed by atoms with E-state index in [-0.39, 0.29) is 5.91 Å². The maximum Gasteiger partial charge on any atom is 0.219 e. The van der Waals surface area contributed by atoms with Crippen molar-refractivity contribution in [1.29, 1.82) is 0 Å². The highest BCUT2D eigenvalue weighted by Gasteiger charge is 2.04. The van der Waals surface area contributed by atoms with Crippen molar-refractivity contribution in [3.8, 4) is 0 Å². The highest BCUT2D eigenvalue weighted by Crippen LogP contribution is 1.93. The van der Waals surface area contributed by atoms with Crippen molar-refractivity contribution in [2.45, 2.75) is 26.7 Å². The molecule has 0 aromatic heterocycles. The molecule has 0 radical (unpaired) electrons. The molecule has 0 rings (SSSR count). The number of nitrogens with two attached hydrogens (primary N) is 1. The molecule has 0 aliphatic heterocycles. The van der Waals surface area contributed by atoms with Gasteiger partial charge in [-0.1, -0.05) is 6.92 Å². The van der Waals surface area contributed by atoms with Crippen molar-refractivity contribution < 1.29 is 4.79 Å². The molecular weight excluding hydrogens is 140 g/mol. The fourth-order valence-corrected chi connectivity index (χ4v) is 0.979. The minimum Gasteiger partial charge on any atom is -0.343 e. The fourth-order valence-electron chi connectivity index (χ4n) is 0.979. The van der Waals surface area contributed by atoms with Crippen molar-refractivity contribution in [2.75, 3.05) is 19.6 Å². The maximum absolute atomic E-state index is 10.9. The predicted molar refractivity (Wildman–Crippen MR) is 46.2 cm³/mol. The molecule has 0 bridgehead atoms. The molecule has 0 aromatic carbocycles. The standard InChI is InChI=1S/C8H18N2O/c1-3-6-10(8(2)11)7-4-5-9/h3-7,9H2,1-2H3. The number of amides is 1. The lowest BCUT2D eigenvalue weighted by atomic mass is 10.3. The van der Waals surface area contributed by atoms with Crippen LogP contribution >= 0.6 is 0 Å². The summed E-state index contributed by atoms with van der Waals surface area (Å²) in [7, 11) is 0. The highest BCUT2D eigenvalue weighted by molar-refractivity contribution is 5.73. The average molecular weight is 158 g/mol. The van der Waals surface area contributed by atoms with Crippen LogP contribution in [0.5, 0.6) is 0 Å². The summed E-state index contributed by atoms with van der Waals surface area (Å²) in [5, 5.41) is 0. The summed E-state index contributed by atoms with van der Waals surface area (Å²) < 4.78 is 0. The lowest BCUT2D eigenvalue weighted by Crippen LogP contribution is -2.31. The molecule has 0 aliphatic rings. The average Bonchev–Trinajstić information content (AvgIpc) is 1.97. The molecule has 3 heteroatoms. The monoisotopic (exact) mass is 158 g/mol. The Balaban J connectivity index is 3.60. The van der Waals surface area contributed by atoms with Gasteiger partial charge in [0.05, 0.1) is 0 Å². The summed E-state index contributed by atoms with van der Waals surface area (Å²) in [6.45, 7) is 5.99. The Bertz CT molecular complexity index is 115. The molecule has 0 fully saturated rings. The van der Waals surface area contributed by atoms with Crippen molar-refractivity contribution >= 4 is 5.91 Å². The third-order valence-corrected chi connectivity index (χ3v) is 1.57. The number of hydrogen-bond acceptors (Lipinski definition) is 2. The van der Waals surface area contributed by atoms with Gasteiger partial charge in [-0.05, 0) is 19.4 Å². The Morgan fingerprint density at radius 3 is 2.45 bits per heavy atom. The summed E-state index contributed by atoms with van der Waals surface area (Å²) >= 11 is 0. The third kappa shape index (κ3) is 4.79. The number of carbonyl (C=O) groups excluding carboxylic acids is 1. The molecule has 2 N–H and O–H groups in total. The van der Waals surface area contributed by atoms with Crippen molar-refractivity contribution in [2.24, 2.45) is 5.73 Å². The second-order valence-electron chi connectivity index (χ2n) is 2.65. The summed E-state index contributed by atoms with van der Waals surface area (Å²) in [6.07, 6.45) is 1.92. The topological polar surface area (TPSA) is 46.3 Å². The van der Waals surface area contributed by atoms with Crippen LogP contribution in [-0.4, -0.2) is 30.4 Å². The smallest absolute Gasteiger partial charge is 0.219 e. The van der Waals surface area contributed by atoms with E-state index in [1.165, 1.54) is 0 Å². The predicted octanol–water partition coefficient (Wildman–Crippen LogP) is 0.594. The molecule has 0 unspecified atom stereocenters. The van der Waals surface area contributed by atoms with Crippen LogP contribution in [0.3, 0.4) is 0 Å². The molecule has 0 heterocycles. The first-order chi connectivity index (χ1) is 5.22. The molecule has 66 valence electrons. The number of hydrogen-bond donors (Lipinski definition) is 1. The van der Waals surface area contributed by atoms with E-state index in [4.69, 9.17) is 5.73 Å². The van der Waals surface area contributed by atoms with Gasteiger partial charge < -0.3 is 10.6 Å². The third-order valence-electron chi connectivity index (χ3n) is 1.57. The Morgan fingerprint density at radius 2 is 2.09 bits per heavy atom. The molecular formula is C8H18N2O. The van der Waals surface area contributed by atoms with Crippen LogP contribution in [0.1, 0.15) is 26.7 Å². The fraction of sp³-hybridized carbons (Fsp3) is 0.875. The van der Waals surface area contributed by atoms with Gasteiger partial charge in [0.25, 0.3) is 0 Å². The maximum atomic E-state index is 10.9. The van der Waals surface area contributed by atoms with E-state index in [9.17, 15) is 4.79 Å². The van der Waals surface area contributed by atoms with Gasteiger partial charge in [0, 0.05) is 20.0 Å². The van der Waals surface area contributed by atoms with E-state index in [1.54, 1.807) is 6.92 Å². The summed E-state index contributed by atoms with van der Waals surface area (Å²) in [5.41, 5.74) is 5.34. The summed E-state index contributed by atoms with van der Waals surface area (Å²) in [5.74, 6) is 0.153. The second kappa shape index (κ2) is 6.16. The zero-order valence-corrected chi connectivity index (χ0v) is 7.47. The molecule has 0 spiro atoms. The first kappa shape index (κ1) is 10.4. The molecule has 0 saturated heterocycles. The van der Waals surface area contributed by atoms with E-state index >= 15 is 0 Å². The number of nitrogens with zero attached hydrogens (tertiary/aromatic N) is 1. The molecule has 0 atom stereocenters. The van der Waals surface area contributed by atoms with Gasteiger partial charge in [-0.2, -0.15) is 0 Å². The van der Waals surface area contributed by atoms with Gasteiger partial charge in [-0.3, -0.25) is 4.79 Å². The molecule has 0 aromatic rings. The van der Waals surface area contributed by atoms with Gasteiger partial charge in [0.1, 0.15) is 0 Å². The summed E-state index contributed by atoms with van der Waals surface area (Å²) in [6, 6.07) is 0. The zero-order valence-electron chi connectivity index (χ0n) is 7.47. The Hall–Kier alpha value is -0.570. The van der Waals surface area contributed by atoms with E-state index in [1.807, 2.05) is 4.90 Å². The lowest BCUT2D eigenvalue weighted by Gasteiger charge is -2.19. The second-order valence-corrected chi connectivity index (χ2v) is 2.65. The van der Waals surface area contributed by atoms with Crippen molar-refractivity contribution in [1.82, 2.24) is 4.90 Å². The van der Waals surface area contributed by atoms with Gasteiger partial charge in [0.15, 0.2) is 0 Å². The Kier molecular flexibility index (Phi) is 5.84. The first-order valence-electron chi connectivity index (χ1n) is 4.18. The molecule has 0 aliphatic carbocycles. The van der Waals surface area contributed by atoms with Crippen LogP contribution in [0.25, 0.3) is 0 Å². The van der Waals surface area contributed by atoms with Gasteiger partial charge >= 0.3 is 0 Å². The number of rotatable bonds is 5. The Morgan fingerprint density at radius 1 is 1.45 bits per heavy atom. The highest BCUT2D eigenvalue weighted by atomic mass is 16.2. The minimum atomic E-state index is 0.153. The van der Waals surface area contributed by atoms with Crippen LogP contribution in [-0.2, 0) is 4.79 Å². The SMILES string of the molecule is CCCN(CCCN)C(C)=O. The van der Waals surface area contributed by atoms with Gasteiger partial charge in [0.2, 0.25) is 5.91 Å². The van der Waals surface area contributed by atoms with Gasteiger partial charge in [-0.25, -0.2) is 0 Å². The van der Waals surface area contributed by atoms with Gasteiger partial charge in [-0.15, -0.1) is 0 Å². The van der Waals surface area contributed by atoms with Crippen LogP contribution in [0.15, 0.2) is 0 Å². The first-order valence-corrected chi connectivity index (χ1v) is 4.18. The van der Waals surface area contributed by atoms with E-state index in [0.29, 0.717) is 6.54 Å². The van der Waals surface area contributed by atoms with E-state index in [0.717, 1.165) is 25.9 Å². The normalized spacial score (nSPS) is 9.73. The van der Waals surface area contributed by atoms with E-state index in [2.05, 4.69) is 6.92 Å². The quantitative estimate of drug-likeness (QED) is 0.636. The van der Waals surface area contributed by atoms with Crippen molar-refractivity contribution in [3.63, 3.8) is 0 Å². The molecule has 11 heavy (non-hydrogen) atoms. The van der Waals surface area contributed by atoms with Crippen LogP contribution < -0.4 is 5.73 Å². The minimum absolute atomic E-state index is 0.153. The van der Waals surface area contributed by atoms with Crippen LogP contribution in [0, 0.1) is 0 Å².